The monoisotopic (exact) mass is 400 g/mol. The van der Waals surface area contributed by atoms with Gasteiger partial charge in [0, 0.05) is 16.7 Å². The molecule has 0 unspecified atom stereocenters. The van der Waals surface area contributed by atoms with Gasteiger partial charge >= 0.3 is 6.18 Å². The molecule has 0 aliphatic rings. The van der Waals surface area contributed by atoms with Crippen LogP contribution in [0.4, 0.5) is 22.0 Å². The maximum Gasteiger partial charge on any atom is 0.419 e. The molecule has 0 amide bonds. The highest BCUT2D eigenvalue weighted by atomic mass is 19.4. The largest absolute Gasteiger partial charge is 0.490 e. The van der Waals surface area contributed by atoms with Crippen molar-refractivity contribution >= 4 is 0 Å². The van der Waals surface area contributed by atoms with Crippen LogP contribution >= 0.6 is 0 Å². The Morgan fingerprint density at radius 3 is 2.46 bits per heavy atom. The molecule has 0 aliphatic carbocycles. The summed E-state index contributed by atoms with van der Waals surface area (Å²) in [5, 5.41) is 12.6. The van der Waals surface area contributed by atoms with Crippen molar-refractivity contribution in [2.45, 2.75) is 12.8 Å². The Bertz CT molecular complexity index is 972. The van der Waals surface area contributed by atoms with Crippen LogP contribution in [0.2, 0.25) is 0 Å². The number of ether oxygens (including phenoxy) is 1. The molecule has 0 bridgehead atoms. The maximum absolute atomic E-state index is 13.8. The number of aliphatic hydroxyl groups is 1. The van der Waals surface area contributed by atoms with Crippen LogP contribution in [0.15, 0.2) is 40.9 Å². The minimum absolute atomic E-state index is 0.0360. The number of benzene rings is 2. The quantitative estimate of drug-likeness (QED) is 0.621. The summed E-state index contributed by atoms with van der Waals surface area (Å²) in [6.07, 6.45) is -4.74. The molecular weight excluding hydrogens is 387 g/mol. The average molecular weight is 400 g/mol. The molecule has 0 atom stereocenters. The molecule has 148 valence electrons. The normalized spacial score (nSPS) is 11.6. The topological polar surface area (TPSA) is 68.4 Å². The van der Waals surface area contributed by atoms with Gasteiger partial charge in [-0.2, -0.15) is 18.2 Å². The number of nitrogens with zero attached hydrogens (tertiary/aromatic N) is 2. The number of alkyl halides is 4. The van der Waals surface area contributed by atoms with Gasteiger partial charge in [-0.3, -0.25) is 0 Å². The van der Waals surface area contributed by atoms with Crippen LogP contribution in [-0.2, 0) is 12.8 Å². The molecule has 0 radical (unpaired) electrons. The first-order chi connectivity index (χ1) is 13.3. The van der Waals surface area contributed by atoms with E-state index in [0.29, 0.717) is 0 Å². The number of rotatable bonds is 6. The summed E-state index contributed by atoms with van der Waals surface area (Å²) in [6, 6.07) is 6.90. The van der Waals surface area contributed by atoms with Crippen molar-refractivity contribution in [3.05, 3.63) is 53.3 Å². The molecule has 0 aliphatic heterocycles. The van der Waals surface area contributed by atoms with Crippen LogP contribution in [0, 0.1) is 5.82 Å². The lowest BCUT2D eigenvalue weighted by atomic mass is 10.1. The first-order valence-corrected chi connectivity index (χ1v) is 7.97. The zero-order valence-electron chi connectivity index (χ0n) is 14.1. The molecule has 3 aromatic rings. The van der Waals surface area contributed by atoms with E-state index in [4.69, 9.17) is 14.4 Å². The van der Waals surface area contributed by atoms with Crippen molar-refractivity contribution in [1.29, 1.82) is 0 Å². The average Bonchev–Trinajstić information content (AvgIpc) is 3.15. The number of hydrogen-bond donors (Lipinski definition) is 1. The van der Waals surface area contributed by atoms with Crippen molar-refractivity contribution in [2.75, 3.05) is 13.3 Å². The van der Waals surface area contributed by atoms with E-state index in [1.807, 2.05) is 0 Å². The zero-order valence-corrected chi connectivity index (χ0v) is 14.1. The summed E-state index contributed by atoms with van der Waals surface area (Å²) >= 11 is 0. The Morgan fingerprint density at radius 1 is 1.07 bits per heavy atom. The first-order valence-electron chi connectivity index (χ1n) is 7.97. The van der Waals surface area contributed by atoms with Crippen LogP contribution in [0.3, 0.4) is 0 Å². The second-order valence-corrected chi connectivity index (χ2v) is 5.63. The van der Waals surface area contributed by atoms with E-state index in [-0.39, 0.29) is 28.4 Å². The van der Waals surface area contributed by atoms with Crippen molar-refractivity contribution in [3.8, 4) is 28.6 Å². The maximum atomic E-state index is 13.8. The van der Waals surface area contributed by atoms with Gasteiger partial charge in [-0.15, -0.1) is 0 Å². The lowest BCUT2D eigenvalue weighted by Gasteiger charge is -2.13. The lowest BCUT2D eigenvalue weighted by Crippen LogP contribution is -2.10. The molecule has 0 fully saturated rings. The molecule has 0 saturated carbocycles. The minimum Gasteiger partial charge on any atom is -0.490 e. The van der Waals surface area contributed by atoms with Crippen LogP contribution in [0.5, 0.6) is 5.75 Å². The smallest absolute Gasteiger partial charge is 0.419 e. The van der Waals surface area contributed by atoms with Crippen LogP contribution in [0.1, 0.15) is 11.1 Å². The summed E-state index contributed by atoms with van der Waals surface area (Å²) in [4.78, 5) is 3.99. The van der Waals surface area contributed by atoms with Crippen LogP contribution in [-0.4, -0.2) is 28.5 Å². The van der Waals surface area contributed by atoms with Crippen LogP contribution < -0.4 is 4.74 Å². The van der Waals surface area contributed by atoms with Gasteiger partial charge in [0.15, 0.2) is 0 Å². The SMILES string of the molecule is OCc1ccc(-c2noc(-c3ccc(OCCF)c(C(F)(F)F)c3)n2)cc1F. The lowest BCUT2D eigenvalue weighted by molar-refractivity contribution is -0.138. The Hall–Kier alpha value is -3.01. The predicted molar refractivity (Wildman–Crippen MR) is 87.5 cm³/mol. The van der Waals surface area contributed by atoms with E-state index in [1.54, 1.807) is 0 Å². The van der Waals surface area contributed by atoms with E-state index in [9.17, 15) is 22.0 Å². The van der Waals surface area contributed by atoms with Gasteiger partial charge in [-0.1, -0.05) is 17.3 Å². The molecule has 0 spiro atoms. The third-order valence-corrected chi connectivity index (χ3v) is 3.77. The Balaban J connectivity index is 1.95. The molecule has 1 aromatic heterocycles. The number of aromatic nitrogens is 2. The third kappa shape index (κ3) is 4.11. The van der Waals surface area contributed by atoms with Gasteiger partial charge in [-0.25, -0.2) is 8.78 Å². The predicted octanol–water partition coefficient (Wildman–Crippen LogP) is 4.40. The molecule has 1 heterocycles. The summed E-state index contributed by atoms with van der Waals surface area (Å²) in [5.41, 5.74) is -0.850. The molecule has 5 nitrogen and oxygen atoms in total. The highest BCUT2D eigenvalue weighted by Gasteiger charge is 2.35. The second-order valence-electron chi connectivity index (χ2n) is 5.63. The van der Waals surface area contributed by atoms with Crippen molar-refractivity contribution in [1.82, 2.24) is 10.1 Å². The molecule has 2 aromatic carbocycles. The Labute approximate surface area is 155 Å². The van der Waals surface area contributed by atoms with E-state index >= 15 is 0 Å². The summed E-state index contributed by atoms with van der Waals surface area (Å²) in [6.45, 7) is -1.93. The van der Waals surface area contributed by atoms with Gasteiger partial charge in [0.1, 0.15) is 24.8 Å². The fourth-order valence-electron chi connectivity index (χ4n) is 2.43. The summed E-state index contributed by atoms with van der Waals surface area (Å²) in [5.74, 6) is -1.45. The number of halogens is 5. The van der Waals surface area contributed by atoms with Crippen molar-refractivity contribution in [3.63, 3.8) is 0 Å². The highest BCUT2D eigenvalue weighted by molar-refractivity contribution is 5.62. The number of hydrogen-bond acceptors (Lipinski definition) is 5. The highest BCUT2D eigenvalue weighted by Crippen LogP contribution is 2.38. The molecular formula is C18H13F5N2O3. The van der Waals surface area contributed by atoms with E-state index in [0.717, 1.165) is 18.2 Å². The third-order valence-electron chi connectivity index (χ3n) is 3.77. The van der Waals surface area contributed by atoms with Gasteiger partial charge in [0.2, 0.25) is 5.82 Å². The molecule has 3 rings (SSSR count). The standard InChI is InChI=1S/C18H13F5N2O3/c19-5-6-27-15-4-3-11(7-13(15)18(21,22)23)17-24-16(25-28-17)10-1-2-12(9-26)14(20)8-10/h1-4,7-8,26H,5-6,9H2. The van der Waals surface area contributed by atoms with Gasteiger partial charge < -0.3 is 14.4 Å². The molecule has 28 heavy (non-hydrogen) atoms. The fourth-order valence-corrected chi connectivity index (χ4v) is 2.43. The Kier molecular flexibility index (Phi) is 5.59. The van der Waals surface area contributed by atoms with E-state index in [1.165, 1.54) is 18.2 Å². The van der Waals surface area contributed by atoms with Crippen LogP contribution in [0.25, 0.3) is 22.8 Å². The molecule has 1 N–H and O–H groups in total. The van der Waals surface area contributed by atoms with Gasteiger partial charge in [0.25, 0.3) is 5.89 Å². The van der Waals surface area contributed by atoms with Gasteiger partial charge in [0.05, 0.1) is 12.2 Å². The zero-order chi connectivity index (χ0) is 20.3. The molecule has 0 saturated heterocycles. The molecule has 10 heteroatoms. The fraction of sp³-hybridized carbons (Fsp3) is 0.222. The first kappa shape index (κ1) is 19.7. The van der Waals surface area contributed by atoms with Gasteiger partial charge in [-0.05, 0) is 24.3 Å². The van der Waals surface area contributed by atoms with Crippen molar-refractivity contribution < 1.29 is 36.3 Å². The van der Waals surface area contributed by atoms with E-state index in [2.05, 4.69) is 10.1 Å². The summed E-state index contributed by atoms with van der Waals surface area (Å²) < 4.78 is 75.5. The van der Waals surface area contributed by atoms with E-state index < -0.39 is 43.2 Å². The Morgan fingerprint density at radius 2 is 1.82 bits per heavy atom. The second kappa shape index (κ2) is 7.93. The minimum atomic E-state index is -4.74. The van der Waals surface area contributed by atoms with Crippen molar-refractivity contribution in [2.24, 2.45) is 0 Å². The number of aliphatic hydroxyl groups excluding tert-OH is 1. The summed E-state index contributed by atoms with van der Waals surface area (Å²) in [7, 11) is 0.